The minimum atomic E-state index is -0.474. The fraction of sp³-hybridized carbons (Fsp3) is 0.263. The van der Waals surface area contributed by atoms with Gasteiger partial charge in [-0.1, -0.05) is 29.8 Å². The van der Waals surface area contributed by atoms with Crippen LogP contribution < -0.4 is 4.90 Å². The van der Waals surface area contributed by atoms with Crippen molar-refractivity contribution in [3.05, 3.63) is 65.2 Å². The largest absolute Gasteiger partial charge is 0.469 e. The number of anilines is 1. The zero-order chi connectivity index (χ0) is 17.1. The highest BCUT2D eigenvalue weighted by atomic mass is 35.5. The van der Waals surface area contributed by atoms with Crippen molar-refractivity contribution in [2.45, 2.75) is 0 Å². The Hall–Kier alpha value is -2.33. The van der Waals surface area contributed by atoms with E-state index in [1.54, 1.807) is 24.3 Å². The Balaban J connectivity index is 1.87. The lowest BCUT2D eigenvalue weighted by Crippen LogP contribution is -2.29. The summed E-state index contributed by atoms with van der Waals surface area (Å²) in [5, 5.41) is 0.577. The molecule has 1 aliphatic rings. The van der Waals surface area contributed by atoms with Crippen LogP contribution >= 0.6 is 11.6 Å². The summed E-state index contributed by atoms with van der Waals surface area (Å²) < 4.78 is 4.91. The van der Waals surface area contributed by atoms with Crippen molar-refractivity contribution in [1.29, 1.82) is 0 Å². The number of halogens is 1. The number of ketones is 1. The van der Waals surface area contributed by atoms with E-state index >= 15 is 0 Å². The number of Topliss-reactive ketones (excluding diaryl/α,β-unsaturated/α-hetero) is 1. The summed E-state index contributed by atoms with van der Waals surface area (Å²) in [7, 11) is 1.36. The quantitative estimate of drug-likeness (QED) is 0.630. The lowest BCUT2D eigenvalue weighted by Gasteiger charge is -2.18. The molecule has 0 bridgehead atoms. The molecule has 2 aromatic rings. The molecule has 0 N–H and O–H groups in total. The molecule has 0 spiro atoms. The predicted octanol–water partition coefficient (Wildman–Crippen LogP) is 3.45. The Kier molecular flexibility index (Phi) is 4.86. The van der Waals surface area contributed by atoms with Gasteiger partial charge in [-0.25, -0.2) is 0 Å². The molecule has 2 atom stereocenters. The average Bonchev–Trinajstić information content (AvgIpc) is 3.07. The summed E-state index contributed by atoms with van der Waals surface area (Å²) >= 11 is 5.89. The minimum Gasteiger partial charge on any atom is -0.469 e. The lowest BCUT2D eigenvalue weighted by molar-refractivity contribution is -0.145. The summed E-state index contributed by atoms with van der Waals surface area (Å²) in [6, 6.07) is 16.5. The number of hydrogen-bond donors (Lipinski definition) is 0. The molecule has 0 aromatic heterocycles. The van der Waals surface area contributed by atoms with Gasteiger partial charge in [-0.15, -0.1) is 0 Å². The number of esters is 1. The van der Waals surface area contributed by atoms with Crippen molar-refractivity contribution >= 4 is 29.0 Å². The number of methoxy groups -OCH3 is 1. The van der Waals surface area contributed by atoms with Crippen molar-refractivity contribution < 1.29 is 14.3 Å². The van der Waals surface area contributed by atoms with Gasteiger partial charge in [0.25, 0.3) is 0 Å². The Morgan fingerprint density at radius 2 is 1.62 bits per heavy atom. The van der Waals surface area contributed by atoms with E-state index in [0.29, 0.717) is 23.7 Å². The van der Waals surface area contributed by atoms with Crippen LogP contribution in [0.15, 0.2) is 54.6 Å². The van der Waals surface area contributed by atoms with Gasteiger partial charge >= 0.3 is 5.97 Å². The van der Waals surface area contributed by atoms with Crippen LogP contribution in [0.5, 0.6) is 0 Å². The third kappa shape index (κ3) is 3.29. The second kappa shape index (κ2) is 7.05. The van der Waals surface area contributed by atoms with E-state index < -0.39 is 11.8 Å². The monoisotopic (exact) mass is 343 g/mol. The molecule has 0 amide bonds. The predicted molar refractivity (Wildman–Crippen MR) is 93.4 cm³/mol. The van der Waals surface area contributed by atoms with E-state index in [1.807, 2.05) is 30.3 Å². The number of hydrogen-bond acceptors (Lipinski definition) is 4. The number of rotatable bonds is 4. The number of carbonyl (C=O) groups is 2. The molecule has 4 nitrogen and oxygen atoms in total. The van der Waals surface area contributed by atoms with E-state index in [-0.39, 0.29) is 11.8 Å². The number of benzene rings is 2. The fourth-order valence-electron chi connectivity index (χ4n) is 3.14. The summed E-state index contributed by atoms with van der Waals surface area (Å²) in [6.45, 7) is 0.964. The number of carbonyl (C=O) groups excluding carboxylic acids is 2. The third-order valence-corrected chi connectivity index (χ3v) is 4.66. The van der Waals surface area contributed by atoms with Crippen molar-refractivity contribution in [2.24, 2.45) is 11.8 Å². The molecule has 5 heteroatoms. The lowest BCUT2D eigenvalue weighted by atomic mass is 9.88. The van der Waals surface area contributed by atoms with Gasteiger partial charge in [-0.2, -0.15) is 0 Å². The van der Waals surface area contributed by atoms with Crippen LogP contribution in [0.1, 0.15) is 10.4 Å². The van der Waals surface area contributed by atoms with Crippen LogP contribution in [0, 0.1) is 11.8 Å². The molecule has 2 unspecified atom stereocenters. The van der Waals surface area contributed by atoms with Crippen LogP contribution in [0.4, 0.5) is 5.69 Å². The van der Waals surface area contributed by atoms with Crippen LogP contribution in [0.3, 0.4) is 0 Å². The molecule has 1 fully saturated rings. The maximum atomic E-state index is 12.9. The highest BCUT2D eigenvalue weighted by molar-refractivity contribution is 6.30. The van der Waals surface area contributed by atoms with E-state index in [1.165, 1.54) is 7.11 Å². The molecule has 1 saturated heterocycles. The summed E-state index contributed by atoms with van der Waals surface area (Å²) in [4.78, 5) is 27.1. The van der Waals surface area contributed by atoms with Crippen molar-refractivity contribution in [3.8, 4) is 0 Å². The van der Waals surface area contributed by atoms with Gasteiger partial charge in [0.05, 0.1) is 18.9 Å². The molecular weight excluding hydrogens is 326 g/mol. The van der Waals surface area contributed by atoms with Gasteiger partial charge in [-0.3, -0.25) is 9.59 Å². The Morgan fingerprint density at radius 3 is 2.25 bits per heavy atom. The number of nitrogens with zero attached hydrogens (tertiary/aromatic N) is 1. The van der Waals surface area contributed by atoms with E-state index in [4.69, 9.17) is 16.3 Å². The normalized spacial score (nSPS) is 20.0. The number of ether oxygens (including phenoxy) is 1. The number of para-hydroxylation sites is 1. The van der Waals surface area contributed by atoms with Crippen molar-refractivity contribution in [3.63, 3.8) is 0 Å². The summed E-state index contributed by atoms with van der Waals surface area (Å²) in [6.07, 6.45) is 0. The minimum absolute atomic E-state index is 0.0551. The van der Waals surface area contributed by atoms with Crippen molar-refractivity contribution in [1.82, 2.24) is 0 Å². The van der Waals surface area contributed by atoms with Gasteiger partial charge in [0.1, 0.15) is 0 Å². The van der Waals surface area contributed by atoms with Gasteiger partial charge < -0.3 is 9.64 Å². The molecule has 124 valence electrons. The first-order valence-corrected chi connectivity index (χ1v) is 8.15. The Bertz CT molecular complexity index is 730. The maximum absolute atomic E-state index is 12.9. The first kappa shape index (κ1) is 16.5. The highest BCUT2D eigenvalue weighted by Crippen LogP contribution is 2.31. The van der Waals surface area contributed by atoms with E-state index in [2.05, 4.69) is 4.90 Å². The smallest absolute Gasteiger partial charge is 0.311 e. The molecule has 1 heterocycles. The summed E-state index contributed by atoms with van der Waals surface area (Å²) in [5.74, 6) is -1.31. The maximum Gasteiger partial charge on any atom is 0.311 e. The molecule has 2 aromatic carbocycles. The standard InChI is InChI=1S/C19H18ClNO3/c1-24-19(23)17-12-21(15-5-3-2-4-6-15)11-16(17)18(22)13-7-9-14(20)10-8-13/h2-10,16-17H,11-12H2,1H3. The molecule has 0 saturated carbocycles. The van der Waals surface area contributed by atoms with E-state index in [9.17, 15) is 9.59 Å². The van der Waals surface area contributed by atoms with Gasteiger partial charge in [0.15, 0.2) is 5.78 Å². The zero-order valence-corrected chi connectivity index (χ0v) is 14.1. The Morgan fingerprint density at radius 1 is 1.00 bits per heavy atom. The highest BCUT2D eigenvalue weighted by Gasteiger charge is 2.42. The molecule has 0 radical (unpaired) electrons. The van der Waals surface area contributed by atoms with Gasteiger partial charge in [-0.05, 0) is 36.4 Å². The molecular formula is C19H18ClNO3. The van der Waals surface area contributed by atoms with Crippen LogP contribution in [0.25, 0.3) is 0 Å². The van der Waals surface area contributed by atoms with Crippen LogP contribution in [0.2, 0.25) is 5.02 Å². The van der Waals surface area contributed by atoms with Crippen LogP contribution in [-0.4, -0.2) is 32.0 Å². The summed E-state index contributed by atoms with van der Waals surface area (Å²) in [5.41, 5.74) is 1.56. The SMILES string of the molecule is COC(=O)C1CN(c2ccccc2)CC1C(=O)c1ccc(Cl)cc1. The zero-order valence-electron chi connectivity index (χ0n) is 13.3. The second-order valence-corrected chi connectivity index (χ2v) is 6.28. The molecule has 3 rings (SSSR count). The second-order valence-electron chi connectivity index (χ2n) is 5.85. The first-order chi connectivity index (χ1) is 11.6. The van der Waals surface area contributed by atoms with Crippen LogP contribution in [-0.2, 0) is 9.53 Å². The van der Waals surface area contributed by atoms with E-state index in [0.717, 1.165) is 5.69 Å². The van der Waals surface area contributed by atoms with Gasteiger partial charge in [0.2, 0.25) is 0 Å². The first-order valence-electron chi connectivity index (χ1n) is 7.77. The Labute approximate surface area is 146 Å². The topological polar surface area (TPSA) is 46.6 Å². The molecule has 0 aliphatic carbocycles. The molecule has 24 heavy (non-hydrogen) atoms. The fourth-order valence-corrected chi connectivity index (χ4v) is 3.26. The molecule has 1 aliphatic heterocycles. The van der Waals surface area contributed by atoms with Gasteiger partial charge in [0, 0.05) is 29.4 Å². The third-order valence-electron chi connectivity index (χ3n) is 4.41. The van der Waals surface area contributed by atoms with Crippen molar-refractivity contribution in [2.75, 3.05) is 25.1 Å². The average molecular weight is 344 g/mol.